The van der Waals surface area contributed by atoms with Crippen molar-refractivity contribution in [1.29, 1.82) is 0 Å². The van der Waals surface area contributed by atoms with Crippen molar-refractivity contribution in [3.05, 3.63) is 35.4 Å². The van der Waals surface area contributed by atoms with Crippen LogP contribution in [0.3, 0.4) is 0 Å². The monoisotopic (exact) mass is 357 g/mol. The van der Waals surface area contributed by atoms with Gasteiger partial charge >= 0.3 is 0 Å². The third-order valence-corrected chi connectivity index (χ3v) is 5.33. The smallest absolute Gasteiger partial charge is 0.253 e. The van der Waals surface area contributed by atoms with Crippen LogP contribution in [0.4, 0.5) is 0 Å². The number of rotatable bonds is 3. The van der Waals surface area contributed by atoms with Gasteiger partial charge in [0.1, 0.15) is 12.1 Å². The van der Waals surface area contributed by atoms with E-state index in [0.29, 0.717) is 31.0 Å². The summed E-state index contributed by atoms with van der Waals surface area (Å²) >= 11 is 0. The van der Waals surface area contributed by atoms with Crippen LogP contribution in [-0.2, 0) is 9.59 Å². The summed E-state index contributed by atoms with van der Waals surface area (Å²) in [6.45, 7) is 7.21. The highest BCUT2D eigenvalue weighted by molar-refractivity contribution is 5.99. The Labute approximate surface area is 154 Å². The molecule has 2 aliphatic rings. The van der Waals surface area contributed by atoms with E-state index in [-0.39, 0.29) is 24.3 Å². The third-order valence-electron chi connectivity index (χ3n) is 5.33. The van der Waals surface area contributed by atoms with Gasteiger partial charge in [0.05, 0.1) is 6.54 Å². The zero-order chi connectivity index (χ0) is 19.0. The Morgan fingerprint density at radius 2 is 1.77 bits per heavy atom. The number of amides is 3. The van der Waals surface area contributed by atoms with Crippen molar-refractivity contribution in [3.63, 3.8) is 0 Å². The van der Waals surface area contributed by atoms with Crippen molar-refractivity contribution in [2.24, 2.45) is 5.92 Å². The van der Waals surface area contributed by atoms with E-state index in [1.54, 1.807) is 21.7 Å². The number of hydrogen-bond acceptors (Lipinski definition) is 3. The standard InChI is InChI=1S/C20H27N3O3/c1-13(2)11-16-20(26)23-10-9-22(12-17(23)19(25)21(16)4)18(24)15-7-5-14(3)6-8-15/h5-8,13,16-17H,9-12H2,1-4H3/t16-,17+/m0/s1. The van der Waals surface area contributed by atoms with E-state index in [1.165, 1.54) is 0 Å². The minimum Gasteiger partial charge on any atom is -0.334 e. The van der Waals surface area contributed by atoms with Gasteiger partial charge in [-0.15, -0.1) is 0 Å². The Bertz CT molecular complexity index is 714. The Morgan fingerprint density at radius 3 is 2.38 bits per heavy atom. The maximum Gasteiger partial charge on any atom is 0.253 e. The highest BCUT2D eigenvalue weighted by Crippen LogP contribution is 2.25. The number of nitrogens with zero attached hydrogens (tertiary/aromatic N) is 3. The van der Waals surface area contributed by atoms with Gasteiger partial charge in [-0.3, -0.25) is 14.4 Å². The summed E-state index contributed by atoms with van der Waals surface area (Å²) in [5, 5.41) is 0. The molecule has 2 heterocycles. The van der Waals surface area contributed by atoms with Crippen LogP contribution >= 0.6 is 0 Å². The molecule has 1 aromatic carbocycles. The molecule has 0 aliphatic carbocycles. The quantitative estimate of drug-likeness (QED) is 0.824. The van der Waals surface area contributed by atoms with Gasteiger partial charge in [0.15, 0.2) is 0 Å². The molecule has 6 nitrogen and oxygen atoms in total. The van der Waals surface area contributed by atoms with Crippen LogP contribution in [0.25, 0.3) is 0 Å². The predicted octanol–water partition coefficient (Wildman–Crippen LogP) is 1.53. The average Bonchev–Trinajstić information content (AvgIpc) is 2.63. The van der Waals surface area contributed by atoms with Crippen LogP contribution in [0.1, 0.15) is 36.2 Å². The number of carbonyl (C=O) groups is 3. The molecule has 2 saturated heterocycles. The van der Waals surface area contributed by atoms with Crippen molar-refractivity contribution >= 4 is 17.7 Å². The molecular weight excluding hydrogens is 330 g/mol. The number of carbonyl (C=O) groups excluding carboxylic acids is 3. The lowest BCUT2D eigenvalue weighted by atomic mass is 9.95. The first-order valence-corrected chi connectivity index (χ1v) is 9.22. The molecular formula is C20H27N3O3. The molecule has 0 radical (unpaired) electrons. The van der Waals surface area contributed by atoms with Crippen LogP contribution < -0.4 is 0 Å². The van der Waals surface area contributed by atoms with E-state index in [2.05, 4.69) is 13.8 Å². The lowest BCUT2D eigenvalue weighted by Gasteiger charge is -2.48. The summed E-state index contributed by atoms with van der Waals surface area (Å²) in [6.07, 6.45) is 0.663. The second-order valence-corrected chi connectivity index (χ2v) is 7.76. The molecule has 2 aliphatic heterocycles. The van der Waals surface area contributed by atoms with Gasteiger partial charge in [0, 0.05) is 25.7 Å². The third kappa shape index (κ3) is 3.32. The van der Waals surface area contributed by atoms with E-state index in [4.69, 9.17) is 0 Å². The van der Waals surface area contributed by atoms with Gasteiger partial charge in [0.25, 0.3) is 5.91 Å². The molecule has 0 spiro atoms. The van der Waals surface area contributed by atoms with Crippen LogP contribution in [0, 0.1) is 12.8 Å². The molecule has 2 atom stereocenters. The summed E-state index contributed by atoms with van der Waals surface area (Å²) in [6, 6.07) is 6.47. The minimum absolute atomic E-state index is 0.00762. The zero-order valence-electron chi connectivity index (χ0n) is 15.9. The van der Waals surface area contributed by atoms with Gasteiger partial charge in [-0.1, -0.05) is 31.5 Å². The fourth-order valence-electron chi connectivity index (χ4n) is 3.77. The normalized spacial score (nSPS) is 23.5. The molecule has 0 aromatic heterocycles. The molecule has 0 bridgehead atoms. The van der Waals surface area contributed by atoms with Crippen LogP contribution in [0.15, 0.2) is 24.3 Å². The predicted molar refractivity (Wildman–Crippen MR) is 98.6 cm³/mol. The van der Waals surface area contributed by atoms with E-state index in [9.17, 15) is 14.4 Å². The molecule has 3 amide bonds. The van der Waals surface area contributed by atoms with Gasteiger partial charge < -0.3 is 14.7 Å². The lowest BCUT2D eigenvalue weighted by molar-refractivity contribution is -0.163. The lowest BCUT2D eigenvalue weighted by Crippen LogP contribution is -2.69. The highest BCUT2D eigenvalue weighted by Gasteiger charge is 2.47. The van der Waals surface area contributed by atoms with Crippen molar-refractivity contribution in [2.45, 2.75) is 39.3 Å². The molecule has 0 N–H and O–H groups in total. The van der Waals surface area contributed by atoms with Crippen molar-refractivity contribution in [2.75, 3.05) is 26.7 Å². The Morgan fingerprint density at radius 1 is 1.12 bits per heavy atom. The number of aryl methyl sites for hydroxylation is 1. The van der Waals surface area contributed by atoms with E-state index < -0.39 is 12.1 Å². The number of fused-ring (bicyclic) bond motifs is 1. The summed E-state index contributed by atoms with van der Waals surface area (Å²) < 4.78 is 0. The van der Waals surface area contributed by atoms with Gasteiger partial charge in [-0.2, -0.15) is 0 Å². The molecule has 140 valence electrons. The molecule has 2 fully saturated rings. The summed E-state index contributed by atoms with van der Waals surface area (Å²) in [5.41, 5.74) is 1.71. The fourth-order valence-corrected chi connectivity index (χ4v) is 3.77. The molecule has 0 saturated carbocycles. The minimum atomic E-state index is -0.570. The number of piperazine rings is 2. The van der Waals surface area contributed by atoms with E-state index >= 15 is 0 Å². The Balaban J connectivity index is 1.76. The SMILES string of the molecule is Cc1ccc(C(=O)N2CCN3C(=O)[C@H](CC(C)C)N(C)C(=O)[C@H]3C2)cc1. The second-order valence-electron chi connectivity index (χ2n) is 7.76. The van der Waals surface area contributed by atoms with E-state index in [0.717, 1.165) is 5.56 Å². The Hall–Kier alpha value is -2.37. The zero-order valence-corrected chi connectivity index (χ0v) is 15.9. The first-order chi connectivity index (χ1) is 12.3. The van der Waals surface area contributed by atoms with E-state index in [1.807, 2.05) is 31.2 Å². The van der Waals surface area contributed by atoms with Gasteiger partial charge in [-0.05, 0) is 31.4 Å². The maximum absolute atomic E-state index is 12.9. The first-order valence-electron chi connectivity index (χ1n) is 9.22. The number of hydrogen-bond donors (Lipinski definition) is 0. The van der Waals surface area contributed by atoms with Crippen LogP contribution in [-0.4, -0.2) is 71.2 Å². The van der Waals surface area contributed by atoms with Crippen molar-refractivity contribution in [1.82, 2.24) is 14.7 Å². The molecule has 0 unspecified atom stereocenters. The molecule has 3 rings (SSSR count). The highest BCUT2D eigenvalue weighted by atomic mass is 16.2. The van der Waals surface area contributed by atoms with Crippen LogP contribution in [0.5, 0.6) is 0 Å². The maximum atomic E-state index is 12.9. The Kier molecular flexibility index (Phi) is 5.03. The number of likely N-dealkylation sites (N-methyl/N-ethyl adjacent to an activating group) is 1. The van der Waals surface area contributed by atoms with Gasteiger partial charge in [0.2, 0.25) is 11.8 Å². The summed E-state index contributed by atoms with van der Waals surface area (Å²) in [5.74, 6) is 0.182. The second kappa shape index (κ2) is 7.09. The number of benzene rings is 1. The summed E-state index contributed by atoms with van der Waals surface area (Å²) in [4.78, 5) is 43.4. The topological polar surface area (TPSA) is 60.9 Å². The molecule has 26 heavy (non-hydrogen) atoms. The molecule has 1 aromatic rings. The average molecular weight is 357 g/mol. The van der Waals surface area contributed by atoms with Gasteiger partial charge in [-0.25, -0.2) is 0 Å². The summed E-state index contributed by atoms with van der Waals surface area (Å²) in [7, 11) is 1.70. The van der Waals surface area contributed by atoms with Crippen molar-refractivity contribution in [3.8, 4) is 0 Å². The fraction of sp³-hybridized carbons (Fsp3) is 0.550. The first kappa shape index (κ1) is 18.4. The molecule has 6 heteroatoms. The van der Waals surface area contributed by atoms with Crippen molar-refractivity contribution < 1.29 is 14.4 Å². The largest absolute Gasteiger partial charge is 0.334 e. The van der Waals surface area contributed by atoms with Crippen LogP contribution in [0.2, 0.25) is 0 Å².